The van der Waals surface area contributed by atoms with Gasteiger partial charge in [0.15, 0.2) is 0 Å². The molecule has 0 aromatic heterocycles. The van der Waals surface area contributed by atoms with Crippen LogP contribution >= 0.6 is 15.9 Å². The number of halogens is 1. The maximum Gasteiger partial charge on any atom is 0.229 e. The minimum absolute atomic E-state index is 0.00835. The predicted octanol–water partition coefficient (Wildman–Crippen LogP) is 3.15. The van der Waals surface area contributed by atoms with E-state index in [2.05, 4.69) is 21.2 Å². The molecule has 0 aliphatic carbocycles. The fourth-order valence-electron chi connectivity index (χ4n) is 2.59. The molecule has 3 rings (SSSR count). The van der Waals surface area contributed by atoms with E-state index in [0.29, 0.717) is 12.2 Å². The van der Waals surface area contributed by atoms with Gasteiger partial charge >= 0.3 is 0 Å². The van der Waals surface area contributed by atoms with Gasteiger partial charge in [-0.1, -0.05) is 34.1 Å². The highest BCUT2D eigenvalue weighted by Crippen LogP contribution is 2.29. The quantitative estimate of drug-likeness (QED) is 0.810. The van der Waals surface area contributed by atoms with Crippen molar-refractivity contribution in [2.45, 2.75) is 6.42 Å². The van der Waals surface area contributed by atoms with Crippen molar-refractivity contribution in [3.63, 3.8) is 0 Å². The molecule has 23 heavy (non-hydrogen) atoms. The number of nitrogens with one attached hydrogen (secondary N) is 1. The van der Waals surface area contributed by atoms with Gasteiger partial charge in [0, 0.05) is 23.1 Å². The van der Waals surface area contributed by atoms with Gasteiger partial charge < -0.3 is 15.3 Å². The number of phenols is 1. The molecule has 0 radical (unpaired) electrons. The Bertz CT molecular complexity index is 763. The Kier molecular flexibility index (Phi) is 4.34. The summed E-state index contributed by atoms with van der Waals surface area (Å²) in [7, 11) is 0. The van der Waals surface area contributed by atoms with Crippen LogP contribution in [0.5, 0.6) is 5.75 Å². The second-order valence-electron chi connectivity index (χ2n) is 5.39. The van der Waals surface area contributed by atoms with Crippen molar-refractivity contribution in [3.05, 3.63) is 53.0 Å². The third kappa shape index (κ3) is 3.37. The van der Waals surface area contributed by atoms with Crippen LogP contribution in [0.25, 0.3) is 0 Å². The largest absolute Gasteiger partial charge is 0.506 e. The van der Waals surface area contributed by atoms with E-state index >= 15 is 0 Å². The van der Waals surface area contributed by atoms with E-state index in [-0.39, 0.29) is 24.0 Å². The molecule has 0 saturated carbocycles. The number of para-hydroxylation sites is 2. The lowest BCUT2D eigenvalue weighted by Crippen LogP contribution is -2.28. The molecule has 1 aliphatic rings. The number of carbonyl (C=O) groups is 2. The van der Waals surface area contributed by atoms with Gasteiger partial charge in [-0.25, -0.2) is 0 Å². The summed E-state index contributed by atoms with van der Waals surface area (Å²) >= 11 is 3.38. The number of nitrogens with zero attached hydrogens (tertiary/aromatic N) is 1. The first-order chi connectivity index (χ1) is 11.0. The Morgan fingerprint density at radius 1 is 1.22 bits per heavy atom. The smallest absolute Gasteiger partial charge is 0.229 e. The van der Waals surface area contributed by atoms with Crippen LogP contribution in [-0.4, -0.2) is 23.5 Å². The highest BCUT2D eigenvalue weighted by atomic mass is 79.9. The number of amides is 2. The zero-order chi connectivity index (χ0) is 16.4. The second kappa shape index (κ2) is 6.42. The third-order valence-electron chi connectivity index (χ3n) is 3.78. The maximum atomic E-state index is 12.3. The lowest BCUT2D eigenvalue weighted by atomic mass is 10.1. The molecule has 0 spiro atoms. The summed E-state index contributed by atoms with van der Waals surface area (Å²) in [5, 5.41) is 12.4. The van der Waals surface area contributed by atoms with Crippen LogP contribution in [0.3, 0.4) is 0 Å². The summed E-state index contributed by atoms with van der Waals surface area (Å²) in [5.41, 5.74) is 1.12. The molecule has 1 saturated heterocycles. The normalized spacial score (nSPS) is 17.3. The monoisotopic (exact) mass is 374 g/mol. The molecule has 118 valence electrons. The predicted molar refractivity (Wildman–Crippen MR) is 91.3 cm³/mol. The highest BCUT2D eigenvalue weighted by molar-refractivity contribution is 9.10. The molecular weight excluding hydrogens is 360 g/mol. The summed E-state index contributed by atoms with van der Waals surface area (Å²) in [6, 6.07) is 13.9. The van der Waals surface area contributed by atoms with Crippen LogP contribution in [0.1, 0.15) is 6.42 Å². The molecule has 2 N–H and O–H groups in total. The number of aromatic hydroxyl groups is 1. The molecule has 2 aromatic rings. The molecular formula is C17H15BrN2O3. The average molecular weight is 375 g/mol. The standard InChI is InChI=1S/C17H15BrN2O3/c18-12-4-3-5-13(9-12)20-10-11(8-16(20)22)17(23)19-14-6-1-2-7-15(14)21/h1-7,9,11,21H,8,10H2,(H,19,23)/t11-/m0/s1. The van der Waals surface area contributed by atoms with Gasteiger partial charge in [-0.15, -0.1) is 0 Å². The number of benzene rings is 2. The van der Waals surface area contributed by atoms with Gasteiger partial charge in [0.05, 0.1) is 11.6 Å². The molecule has 0 unspecified atom stereocenters. The van der Waals surface area contributed by atoms with Crippen LogP contribution in [-0.2, 0) is 9.59 Å². The van der Waals surface area contributed by atoms with Gasteiger partial charge in [0.1, 0.15) is 5.75 Å². The molecule has 0 bridgehead atoms. The molecule has 2 aromatic carbocycles. The Labute approximate surface area is 142 Å². The molecule has 1 fully saturated rings. The van der Waals surface area contributed by atoms with Crippen LogP contribution in [0.4, 0.5) is 11.4 Å². The van der Waals surface area contributed by atoms with E-state index in [1.165, 1.54) is 6.07 Å². The summed E-state index contributed by atoms with van der Waals surface area (Å²) in [6.45, 7) is 0.328. The summed E-state index contributed by atoms with van der Waals surface area (Å²) in [6.07, 6.45) is 0.159. The van der Waals surface area contributed by atoms with Gasteiger partial charge in [-0.2, -0.15) is 0 Å². The van der Waals surface area contributed by atoms with E-state index in [0.717, 1.165) is 10.2 Å². The molecule has 1 aliphatic heterocycles. The minimum Gasteiger partial charge on any atom is -0.506 e. The Morgan fingerprint density at radius 3 is 2.74 bits per heavy atom. The lowest BCUT2D eigenvalue weighted by molar-refractivity contribution is -0.122. The first kappa shape index (κ1) is 15.6. The van der Waals surface area contributed by atoms with E-state index in [1.807, 2.05) is 24.3 Å². The van der Waals surface area contributed by atoms with Crippen molar-refractivity contribution in [1.29, 1.82) is 0 Å². The molecule has 5 nitrogen and oxygen atoms in total. The number of phenolic OH excluding ortho intramolecular Hbond substituents is 1. The number of carbonyl (C=O) groups excluding carboxylic acids is 2. The number of anilines is 2. The van der Waals surface area contributed by atoms with E-state index in [1.54, 1.807) is 23.1 Å². The highest BCUT2D eigenvalue weighted by Gasteiger charge is 2.35. The maximum absolute atomic E-state index is 12.3. The van der Waals surface area contributed by atoms with E-state index in [9.17, 15) is 14.7 Å². The third-order valence-corrected chi connectivity index (χ3v) is 4.27. The van der Waals surface area contributed by atoms with Gasteiger partial charge in [0.25, 0.3) is 0 Å². The SMILES string of the molecule is O=C(Nc1ccccc1O)[C@H]1CC(=O)N(c2cccc(Br)c2)C1. The number of hydrogen-bond acceptors (Lipinski definition) is 3. The first-order valence-corrected chi connectivity index (χ1v) is 7.98. The summed E-state index contributed by atoms with van der Waals surface area (Å²) < 4.78 is 0.880. The van der Waals surface area contributed by atoms with Crippen molar-refractivity contribution in [2.75, 3.05) is 16.8 Å². The van der Waals surface area contributed by atoms with Gasteiger partial charge in [0.2, 0.25) is 11.8 Å². The fourth-order valence-corrected chi connectivity index (χ4v) is 2.98. The molecule has 6 heteroatoms. The zero-order valence-corrected chi connectivity index (χ0v) is 13.8. The number of rotatable bonds is 3. The van der Waals surface area contributed by atoms with Crippen molar-refractivity contribution < 1.29 is 14.7 Å². The summed E-state index contributed by atoms with van der Waals surface area (Å²) in [4.78, 5) is 26.2. The van der Waals surface area contributed by atoms with Crippen molar-refractivity contribution in [1.82, 2.24) is 0 Å². The van der Waals surface area contributed by atoms with Crippen molar-refractivity contribution in [2.24, 2.45) is 5.92 Å². The average Bonchev–Trinajstić information content (AvgIpc) is 2.92. The lowest BCUT2D eigenvalue weighted by Gasteiger charge is -2.17. The minimum atomic E-state index is -0.443. The summed E-state index contributed by atoms with van der Waals surface area (Å²) in [5.74, 6) is -0.784. The fraction of sp³-hybridized carbons (Fsp3) is 0.176. The van der Waals surface area contributed by atoms with Crippen LogP contribution in [0, 0.1) is 5.92 Å². The number of hydrogen-bond donors (Lipinski definition) is 2. The first-order valence-electron chi connectivity index (χ1n) is 7.19. The molecule has 1 atom stereocenters. The Morgan fingerprint density at radius 2 is 2.00 bits per heavy atom. The zero-order valence-electron chi connectivity index (χ0n) is 12.2. The van der Waals surface area contributed by atoms with Crippen LogP contribution in [0.15, 0.2) is 53.0 Å². The van der Waals surface area contributed by atoms with Crippen LogP contribution in [0.2, 0.25) is 0 Å². The van der Waals surface area contributed by atoms with Crippen LogP contribution < -0.4 is 10.2 Å². The van der Waals surface area contributed by atoms with Gasteiger partial charge in [-0.3, -0.25) is 9.59 Å². The topological polar surface area (TPSA) is 69.6 Å². The Hall–Kier alpha value is -2.34. The second-order valence-corrected chi connectivity index (χ2v) is 6.31. The molecule has 2 amide bonds. The van der Waals surface area contributed by atoms with E-state index < -0.39 is 5.92 Å². The molecule has 1 heterocycles. The van der Waals surface area contributed by atoms with Crippen molar-refractivity contribution in [3.8, 4) is 5.75 Å². The van der Waals surface area contributed by atoms with Crippen molar-refractivity contribution >= 4 is 39.1 Å². The Balaban J connectivity index is 1.72. The van der Waals surface area contributed by atoms with E-state index in [4.69, 9.17) is 0 Å². The van der Waals surface area contributed by atoms with Gasteiger partial charge in [-0.05, 0) is 30.3 Å².